The van der Waals surface area contributed by atoms with E-state index in [0.29, 0.717) is 17.5 Å². The lowest BCUT2D eigenvalue weighted by Crippen LogP contribution is -2.37. The molecular formula is C13H21NO3S. The van der Waals surface area contributed by atoms with Gasteiger partial charge < -0.3 is 5.11 Å². The lowest BCUT2D eigenvalue weighted by molar-refractivity contribution is 0.0217. The molecule has 18 heavy (non-hydrogen) atoms. The average Bonchev–Trinajstić information content (AvgIpc) is 2.13. The van der Waals surface area contributed by atoms with Crippen molar-refractivity contribution in [2.24, 2.45) is 11.7 Å². The van der Waals surface area contributed by atoms with Gasteiger partial charge in [-0.25, -0.2) is 8.42 Å². The summed E-state index contributed by atoms with van der Waals surface area (Å²) in [5.74, 6) is 0.245. The van der Waals surface area contributed by atoms with Crippen LogP contribution in [0.5, 0.6) is 0 Å². The van der Waals surface area contributed by atoms with Crippen molar-refractivity contribution in [2.75, 3.05) is 6.26 Å². The highest BCUT2D eigenvalue weighted by atomic mass is 32.2. The van der Waals surface area contributed by atoms with Gasteiger partial charge in [-0.1, -0.05) is 26.0 Å². The summed E-state index contributed by atoms with van der Waals surface area (Å²) in [7, 11) is -3.24. The Hall–Kier alpha value is -0.910. The van der Waals surface area contributed by atoms with Gasteiger partial charge in [-0.05, 0) is 36.5 Å². The van der Waals surface area contributed by atoms with E-state index in [2.05, 4.69) is 0 Å². The second kappa shape index (κ2) is 4.99. The lowest BCUT2D eigenvalue weighted by Gasteiger charge is -2.26. The van der Waals surface area contributed by atoms with Gasteiger partial charge in [0, 0.05) is 6.26 Å². The Morgan fingerprint density at radius 2 is 1.94 bits per heavy atom. The van der Waals surface area contributed by atoms with Gasteiger partial charge in [0.25, 0.3) is 0 Å². The molecule has 1 rings (SSSR count). The van der Waals surface area contributed by atoms with Crippen molar-refractivity contribution >= 4 is 9.84 Å². The molecule has 3 N–H and O–H groups in total. The second-order valence-corrected chi connectivity index (χ2v) is 7.26. The Balaban J connectivity index is 3.20. The molecule has 0 saturated carbocycles. The van der Waals surface area contributed by atoms with Crippen LogP contribution in [0, 0.1) is 12.8 Å². The predicted molar refractivity (Wildman–Crippen MR) is 71.8 cm³/mol. The van der Waals surface area contributed by atoms with Crippen LogP contribution in [0.15, 0.2) is 23.1 Å². The lowest BCUT2D eigenvalue weighted by atomic mass is 9.93. The number of benzene rings is 1. The smallest absolute Gasteiger partial charge is 0.175 e. The van der Waals surface area contributed by atoms with Crippen LogP contribution in [0.3, 0.4) is 0 Å². The van der Waals surface area contributed by atoms with E-state index in [4.69, 9.17) is 5.73 Å². The molecule has 102 valence electrons. The van der Waals surface area contributed by atoms with Crippen molar-refractivity contribution in [3.05, 3.63) is 29.3 Å². The van der Waals surface area contributed by atoms with E-state index in [1.807, 2.05) is 13.8 Å². The van der Waals surface area contributed by atoms with Crippen LogP contribution in [0.4, 0.5) is 0 Å². The Morgan fingerprint density at radius 3 is 2.33 bits per heavy atom. The molecule has 1 aromatic rings. The average molecular weight is 271 g/mol. The maximum atomic E-state index is 11.5. The molecule has 0 spiro atoms. The highest BCUT2D eigenvalue weighted by molar-refractivity contribution is 7.90. The molecule has 0 radical (unpaired) electrons. The first kappa shape index (κ1) is 15.1. The summed E-state index contributed by atoms with van der Waals surface area (Å²) in [5.41, 5.74) is 5.59. The molecular weight excluding hydrogens is 250 g/mol. The molecule has 1 unspecified atom stereocenters. The van der Waals surface area contributed by atoms with Crippen LogP contribution >= 0.6 is 0 Å². The van der Waals surface area contributed by atoms with Gasteiger partial charge in [0.2, 0.25) is 0 Å². The number of hydrogen-bond donors (Lipinski definition) is 2. The third-order valence-corrected chi connectivity index (χ3v) is 4.05. The van der Waals surface area contributed by atoms with Gasteiger partial charge in [-0.15, -0.1) is 0 Å². The van der Waals surface area contributed by atoms with E-state index in [1.165, 1.54) is 6.07 Å². The molecule has 0 saturated heterocycles. The molecule has 0 aliphatic heterocycles. The predicted octanol–water partition coefficient (Wildman–Crippen LogP) is 1.55. The maximum absolute atomic E-state index is 11.5. The number of sulfone groups is 1. The van der Waals surface area contributed by atoms with Gasteiger partial charge in [-0.2, -0.15) is 0 Å². The highest BCUT2D eigenvalue weighted by Crippen LogP contribution is 2.26. The van der Waals surface area contributed by atoms with Crippen molar-refractivity contribution < 1.29 is 13.5 Å². The molecule has 0 aliphatic rings. The van der Waals surface area contributed by atoms with Crippen molar-refractivity contribution in [1.82, 2.24) is 0 Å². The highest BCUT2D eigenvalue weighted by Gasteiger charge is 2.26. The molecule has 5 heteroatoms. The summed E-state index contributed by atoms with van der Waals surface area (Å²) in [4.78, 5) is 0.270. The van der Waals surface area contributed by atoms with Gasteiger partial charge >= 0.3 is 0 Å². The number of rotatable bonds is 4. The quantitative estimate of drug-likeness (QED) is 0.814. The second-order valence-electron chi connectivity index (χ2n) is 5.27. The summed E-state index contributed by atoms with van der Waals surface area (Å²) in [6.45, 7) is 5.64. The molecule has 1 aromatic carbocycles. The van der Waals surface area contributed by atoms with Crippen molar-refractivity contribution in [3.8, 4) is 0 Å². The Morgan fingerprint density at radius 1 is 1.39 bits per heavy atom. The number of aliphatic hydroxyl groups is 1. The van der Waals surface area contributed by atoms with Crippen LogP contribution < -0.4 is 5.73 Å². The molecule has 0 fully saturated rings. The van der Waals surface area contributed by atoms with Crippen molar-refractivity contribution in [3.63, 3.8) is 0 Å². The summed E-state index contributed by atoms with van der Waals surface area (Å²) < 4.78 is 23.0. The van der Waals surface area contributed by atoms with Crippen LogP contribution in [0.1, 0.15) is 31.4 Å². The van der Waals surface area contributed by atoms with Crippen LogP contribution in [-0.4, -0.2) is 19.8 Å². The largest absolute Gasteiger partial charge is 0.372 e. The zero-order valence-corrected chi connectivity index (χ0v) is 12.1. The Labute approximate surface area is 109 Å². The van der Waals surface area contributed by atoms with Crippen LogP contribution in [-0.2, 0) is 15.6 Å². The molecule has 0 aliphatic carbocycles. The Kier molecular flexibility index (Phi) is 4.20. The molecule has 0 aromatic heterocycles. The van der Waals surface area contributed by atoms with Crippen molar-refractivity contribution in [2.45, 2.75) is 37.8 Å². The Bertz CT molecular complexity index is 533. The van der Waals surface area contributed by atoms with E-state index in [0.717, 1.165) is 6.26 Å². The zero-order chi connectivity index (χ0) is 14.1. The topological polar surface area (TPSA) is 80.4 Å². The minimum Gasteiger partial charge on any atom is -0.372 e. The third kappa shape index (κ3) is 3.54. The first-order valence-electron chi connectivity index (χ1n) is 5.86. The number of aryl methyl sites for hydroxylation is 1. The fourth-order valence-electron chi connectivity index (χ4n) is 2.07. The first-order valence-corrected chi connectivity index (χ1v) is 7.75. The minimum atomic E-state index is -3.24. The molecule has 0 bridgehead atoms. The summed E-state index contributed by atoms with van der Waals surface area (Å²) in [6.07, 6.45) is 1.59. The van der Waals surface area contributed by atoms with Crippen LogP contribution in [0.2, 0.25) is 0 Å². The molecule has 1 atom stereocenters. The maximum Gasteiger partial charge on any atom is 0.175 e. The van der Waals surface area contributed by atoms with Gasteiger partial charge in [0.05, 0.1) is 4.90 Å². The van der Waals surface area contributed by atoms with E-state index in [1.54, 1.807) is 19.1 Å². The molecule has 4 nitrogen and oxygen atoms in total. The minimum absolute atomic E-state index is 0.245. The normalized spacial score (nSPS) is 15.7. The summed E-state index contributed by atoms with van der Waals surface area (Å²) in [6, 6.07) is 4.71. The van der Waals surface area contributed by atoms with E-state index < -0.39 is 15.6 Å². The fraction of sp³-hybridized carbons (Fsp3) is 0.538. The molecule has 0 amide bonds. The molecule has 0 heterocycles. The van der Waals surface area contributed by atoms with E-state index in [-0.39, 0.29) is 10.8 Å². The standard InChI is InChI=1S/C13H21NO3S/c1-9(2)8-13(14,15)11-5-6-12(10(3)7-11)18(4,16)17/h5-7,9,15H,8,14H2,1-4H3. The van der Waals surface area contributed by atoms with E-state index >= 15 is 0 Å². The SMILES string of the molecule is Cc1cc(C(N)(O)CC(C)C)ccc1S(C)(=O)=O. The summed E-state index contributed by atoms with van der Waals surface area (Å²) >= 11 is 0. The van der Waals surface area contributed by atoms with Crippen LogP contribution in [0.25, 0.3) is 0 Å². The third-order valence-electron chi connectivity index (χ3n) is 2.79. The zero-order valence-electron chi connectivity index (χ0n) is 11.3. The van der Waals surface area contributed by atoms with Gasteiger partial charge in [-0.3, -0.25) is 5.73 Å². The van der Waals surface area contributed by atoms with Crippen molar-refractivity contribution in [1.29, 1.82) is 0 Å². The monoisotopic (exact) mass is 271 g/mol. The number of nitrogens with two attached hydrogens (primary N) is 1. The fourth-order valence-corrected chi connectivity index (χ4v) is 3.03. The number of hydrogen-bond acceptors (Lipinski definition) is 4. The van der Waals surface area contributed by atoms with Gasteiger partial charge in [0.1, 0.15) is 5.72 Å². The first-order chi connectivity index (χ1) is 8.04. The van der Waals surface area contributed by atoms with Gasteiger partial charge in [0.15, 0.2) is 9.84 Å². The summed E-state index contributed by atoms with van der Waals surface area (Å²) in [5, 5.41) is 10.2. The van der Waals surface area contributed by atoms with E-state index in [9.17, 15) is 13.5 Å².